The molecule has 1 aromatic carbocycles. The largest absolute Gasteiger partial charge is 0.358 e. The molecule has 2 rings (SSSR count). The van der Waals surface area contributed by atoms with Gasteiger partial charge >= 0.3 is 0 Å². The molecule has 0 atom stereocenters. The summed E-state index contributed by atoms with van der Waals surface area (Å²) < 4.78 is 24.8. The molecule has 9 heteroatoms. The lowest BCUT2D eigenvalue weighted by Gasteiger charge is -2.27. The number of benzene rings is 1. The molecular formula is C18H25N3O3S3. The van der Waals surface area contributed by atoms with Gasteiger partial charge < -0.3 is 14.7 Å². The lowest BCUT2D eigenvalue weighted by Crippen LogP contribution is -2.43. The molecule has 0 radical (unpaired) electrons. The summed E-state index contributed by atoms with van der Waals surface area (Å²) in [7, 11) is -0.257. The highest BCUT2D eigenvalue weighted by Gasteiger charge is 2.24. The van der Waals surface area contributed by atoms with Crippen LogP contribution >= 0.6 is 24.4 Å². The minimum Gasteiger partial charge on any atom is -0.358 e. The Labute approximate surface area is 172 Å². The molecule has 0 aromatic heterocycles. The molecule has 27 heavy (non-hydrogen) atoms. The summed E-state index contributed by atoms with van der Waals surface area (Å²) in [6, 6.07) is 9.32. The Morgan fingerprint density at radius 1 is 1.07 bits per heavy atom. The van der Waals surface area contributed by atoms with Crippen LogP contribution in [0.25, 0.3) is 0 Å². The van der Waals surface area contributed by atoms with Crippen molar-refractivity contribution in [3.8, 4) is 0 Å². The van der Waals surface area contributed by atoms with E-state index >= 15 is 0 Å². The number of carbonyl (C=O) groups is 1. The maximum absolute atomic E-state index is 12.4. The first-order chi connectivity index (χ1) is 12.7. The Hall–Kier alpha value is -1.58. The second-order valence-corrected chi connectivity index (χ2v) is 9.54. The van der Waals surface area contributed by atoms with Gasteiger partial charge in [0, 0.05) is 32.7 Å². The monoisotopic (exact) mass is 427 g/mol. The molecule has 0 unspecified atom stereocenters. The SMILES string of the molecule is CN(CC(=O)CS(=O)(=O)CN(C)C(=S)N1CCCC1)C(=S)c1ccccc1. The van der Waals surface area contributed by atoms with Crippen molar-refractivity contribution in [1.82, 2.24) is 14.7 Å². The van der Waals surface area contributed by atoms with E-state index in [1.807, 2.05) is 35.2 Å². The first-order valence-corrected chi connectivity index (χ1v) is 11.4. The van der Waals surface area contributed by atoms with Gasteiger partial charge in [0.15, 0.2) is 20.7 Å². The third-order valence-electron chi connectivity index (χ3n) is 4.26. The average molecular weight is 428 g/mol. The van der Waals surface area contributed by atoms with Crippen molar-refractivity contribution in [2.24, 2.45) is 0 Å². The van der Waals surface area contributed by atoms with Crippen molar-refractivity contribution in [3.63, 3.8) is 0 Å². The fraction of sp³-hybridized carbons (Fsp3) is 0.500. The molecule has 6 nitrogen and oxygen atoms in total. The molecule has 1 saturated heterocycles. The maximum atomic E-state index is 12.4. The van der Waals surface area contributed by atoms with Gasteiger partial charge in [0.1, 0.15) is 16.6 Å². The van der Waals surface area contributed by atoms with E-state index in [0.717, 1.165) is 31.5 Å². The second-order valence-electron chi connectivity index (χ2n) is 6.76. The molecule has 1 heterocycles. The minimum absolute atomic E-state index is 0.0484. The fourth-order valence-electron chi connectivity index (χ4n) is 2.97. The van der Waals surface area contributed by atoms with E-state index in [1.165, 1.54) is 4.90 Å². The zero-order valence-electron chi connectivity index (χ0n) is 15.6. The van der Waals surface area contributed by atoms with Gasteiger partial charge in [0.25, 0.3) is 0 Å². The summed E-state index contributed by atoms with van der Waals surface area (Å²) >= 11 is 10.7. The quantitative estimate of drug-likeness (QED) is 0.608. The van der Waals surface area contributed by atoms with Crippen molar-refractivity contribution in [2.45, 2.75) is 12.8 Å². The predicted octanol–water partition coefficient (Wildman–Crippen LogP) is 1.55. The number of carbonyl (C=O) groups excluding carboxylic acids is 1. The standard InChI is InChI=1S/C18H25N3O3S3/c1-19(17(25)15-8-4-3-5-9-15)12-16(22)13-27(23,24)14-20(2)18(26)21-10-6-7-11-21/h3-5,8-9H,6-7,10-14H2,1-2H3. The van der Waals surface area contributed by atoms with E-state index in [0.29, 0.717) is 10.1 Å². The smallest absolute Gasteiger partial charge is 0.175 e. The molecule has 1 aromatic rings. The van der Waals surface area contributed by atoms with Gasteiger partial charge in [0.05, 0.1) is 6.54 Å². The first kappa shape index (κ1) is 21.7. The van der Waals surface area contributed by atoms with Crippen molar-refractivity contribution in [1.29, 1.82) is 0 Å². The fourth-order valence-corrected chi connectivity index (χ4v) is 4.89. The summed E-state index contributed by atoms with van der Waals surface area (Å²) in [6.07, 6.45) is 2.12. The van der Waals surface area contributed by atoms with Gasteiger partial charge in [-0.25, -0.2) is 8.42 Å². The van der Waals surface area contributed by atoms with Gasteiger partial charge in [-0.2, -0.15) is 0 Å². The van der Waals surface area contributed by atoms with Crippen LogP contribution in [0.1, 0.15) is 18.4 Å². The lowest BCUT2D eigenvalue weighted by atomic mass is 10.2. The van der Waals surface area contributed by atoms with Crippen LogP contribution in [-0.2, 0) is 14.6 Å². The van der Waals surface area contributed by atoms with Gasteiger partial charge in [-0.1, -0.05) is 42.5 Å². The Morgan fingerprint density at radius 2 is 1.67 bits per heavy atom. The van der Waals surface area contributed by atoms with Crippen LogP contribution in [0.2, 0.25) is 0 Å². The highest BCUT2D eigenvalue weighted by atomic mass is 32.2. The van der Waals surface area contributed by atoms with E-state index in [4.69, 9.17) is 24.4 Å². The molecule has 1 aliphatic rings. The van der Waals surface area contributed by atoms with E-state index in [9.17, 15) is 13.2 Å². The van der Waals surface area contributed by atoms with Crippen molar-refractivity contribution >= 4 is 50.2 Å². The molecule has 0 saturated carbocycles. The van der Waals surface area contributed by atoms with Gasteiger partial charge in [0.2, 0.25) is 0 Å². The number of nitrogens with zero attached hydrogens (tertiary/aromatic N) is 3. The van der Waals surface area contributed by atoms with Crippen molar-refractivity contribution < 1.29 is 13.2 Å². The zero-order chi connectivity index (χ0) is 20.0. The summed E-state index contributed by atoms with van der Waals surface area (Å²) in [5.41, 5.74) is 0.821. The van der Waals surface area contributed by atoms with Crippen LogP contribution < -0.4 is 0 Å². The van der Waals surface area contributed by atoms with Gasteiger partial charge in [-0.15, -0.1) is 0 Å². The summed E-state index contributed by atoms with van der Waals surface area (Å²) in [6.45, 7) is 1.65. The summed E-state index contributed by atoms with van der Waals surface area (Å²) in [5, 5.41) is 0.519. The molecule has 0 spiro atoms. The molecule has 1 fully saturated rings. The highest BCUT2D eigenvalue weighted by Crippen LogP contribution is 2.11. The molecule has 148 valence electrons. The molecule has 0 bridgehead atoms. The lowest BCUT2D eigenvalue weighted by molar-refractivity contribution is -0.116. The topological polar surface area (TPSA) is 60.9 Å². The number of hydrogen-bond donors (Lipinski definition) is 0. The van der Waals surface area contributed by atoms with E-state index in [2.05, 4.69) is 0 Å². The minimum atomic E-state index is -3.60. The zero-order valence-corrected chi connectivity index (χ0v) is 18.1. The van der Waals surface area contributed by atoms with Crippen LogP contribution in [0, 0.1) is 0 Å². The van der Waals surface area contributed by atoms with E-state index < -0.39 is 21.4 Å². The second kappa shape index (κ2) is 9.57. The summed E-state index contributed by atoms with van der Waals surface area (Å²) in [4.78, 5) is 17.9. The van der Waals surface area contributed by atoms with E-state index in [1.54, 1.807) is 19.0 Å². The number of likely N-dealkylation sites (N-methyl/N-ethyl adjacent to an activating group) is 1. The van der Waals surface area contributed by atoms with Gasteiger partial charge in [-0.3, -0.25) is 4.79 Å². The Balaban J connectivity index is 1.87. The third-order valence-corrected chi connectivity index (χ3v) is 6.92. The number of sulfone groups is 1. The molecule has 0 amide bonds. The highest BCUT2D eigenvalue weighted by molar-refractivity contribution is 7.92. The Morgan fingerprint density at radius 3 is 2.26 bits per heavy atom. The average Bonchev–Trinajstić information content (AvgIpc) is 3.14. The van der Waals surface area contributed by atoms with Crippen LogP contribution in [-0.4, -0.2) is 84.4 Å². The number of thiocarbonyl (C=S) groups is 2. The Kier molecular flexibility index (Phi) is 7.69. The summed E-state index contributed by atoms with van der Waals surface area (Å²) in [5.74, 6) is -1.18. The molecule has 1 aliphatic heterocycles. The van der Waals surface area contributed by atoms with Crippen LogP contribution in [0.3, 0.4) is 0 Å². The molecule has 0 N–H and O–H groups in total. The Bertz CT molecular complexity index is 791. The van der Waals surface area contributed by atoms with Crippen LogP contribution in [0.5, 0.6) is 0 Å². The molecular weight excluding hydrogens is 402 g/mol. The van der Waals surface area contributed by atoms with Crippen LogP contribution in [0.15, 0.2) is 30.3 Å². The maximum Gasteiger partial charge on any atom is 0.175 e. The van der Waals surface area contributed by atoms with Crippen molar-refractivity contribution in [3.05, 3.63) is 35.9 Å². The predicted molar refractivity (Wildman–Crippen MR) is 116 cm³/mol. The molecule has 0 aliphatic carbocycles. The number of likely N-dealkylation sites (tertiary alicyclic amines) is 1. The van der Waals surface area contributed by atoms with E-state index in [-0.39, 0.29) is 12.4 Å². The first-order valence-electron chi connectivity index (χ1n) is 8.72. The number of ketones is 1. The number of hydrogen-bond acceptors (Lipinski definition) is 5. The normalized spacial score (nSPS) is 14.1. The third kappa shape index (κ3) is 6.51. The van der Waals surface area contributed by atoms with Crippen molar-refractivity contribution in [2.75, 3.05) is 45.4 Å². The number of rotatable bonds is 7. The number of Topliss-reactive ketones (excluding diaryl/α,β-unsaturated/α-hetero) is 1. The van der Waals surface area contributed by atoms with Gasteiger partial charge in [-0.05, 0) is 25.1 Å². The van der Waals surface area contributed by atoms with Crippen LogP contribution in [0.4, 0.5) is 0 Å².